The van der Waals surface area contributed by atoms with Crippen LogP contribution in [0.3, 0.4) is 0 Å². The average molecular weight is 429 g/mol. The average Bonchev–Trinajstić information content (AvgIpc) is 2.33. The number of rotatable bonds is 4. The Balaban J connectivity index is 2.74. The topological polar surface area (TPSA) is 35.5 Å². The van der Waals surface area contributed by atoms with Crippen molar-refractivity contribution >= 4 is 53.8 Å². The van der Waals surface area contributed by atoms with Crippen LogP contribution in [0.25, 0.3) is 0 Å². The van der Waals surface area contributed by atoms with Gasteiger partial charge in [0.2, 0.25) is 0 Å². The van der Waals surface area contributed by atoms with Crippen LogP contribution in [0.5, 0.6) is 5.75 Å². The van der Waals surface area contributed by atoms with E-state index in [1.807, 2.05) is 6.92 Å². The zero-order valence-electron chi connectivity index (χ0n) is 8.93. The Morgan fingerprint density at radius 2 is 1.94 bits per heavy atom. The number of benzene rings is 1. The van der Waals surface area contributed by atoms with Crippen molar-refractivity contribution < 1.29 is 14.6 Å². The highest BCUT2D eigenvalue weighted by Crippen LogP contribution is 2.37. The first-order chi connectivity index (χ1) is 7.97. The van der Waals surface area contributed by atoms with Crippen LogP contribution in [0, 0.1) is 0 Å². The molecule has 0 fully saturated rings. The van der Waals surface area contributed by atoms with Crippen LogP contribution < -0.4 is 4.89 Å². The molecule has 0 saturated carbocycles. The molecular formula is C11H9Br3O3. The fourth-order valence-electron chi connectivity index (χ4n) is 0.859. The molecule has 0 N–H and O–H groups in total. The summed E-state index contributed by atoms with van der Waals surface area (Å²) in [5.41, 5.74) is 0.359. The highest BCUT2D eigenvalue weighted by molar-refractivity contribution is 9.14. The van der Waals surface area contributed by atoms with Gasteiger partial charge in [-0.05, 0) is 66.3 Å². The van der Waals surface area contributed by atoms with E-state index in [4.69, 9.17) is 4.89 Å². The van der Waals surface area contributed by atoms with E-state index in [1.54, 1.807) is 12.1 Å². The predicted octanol–water partition coefficient (Wildman–Crippen LogP) is 4.78. The molecule has 92 valence electrons. The maximum Gasteiger partial charge on any atom is 0.381 e. The Hall–Kier alpha value is -0.330. The van der Waals surface area contributed by atoms with Gasteiger partial charge in [-0.2, -0.15) is 0 Å². The summed E-state index contributed by atoms with van der Waals surface area (Å²) in [7, 11) is 0. The van der Waals surface area contributed by atoms with Gasteiger partial charge in [0.1, 0.15) is 0 Å². The minimum Gasteiger partial charge on any atom is -0.285 e. The van der Waals surface area contributed by atoms with Crippen LogP contribution in [0.2, 0.25) is 0 Å². The molecule has 3 nitrogen and oxygen atoms in total. The number of halogens is 3. The fraction of sp³-hybridized carbons (Fsp3) is 0.182. The number of carbonyl (C=O) groups is 1. The molecule has 0 atom stereocenters. The molecule has 0 unspecified atom stereocenters. The molecule has 0 spiro atoms. The summed E-state index contributed by atoms with van der Waals surface area (Å²) in [6.45, 7) is 5.37. The maximum absolute atomic E-state index is 11.3. The molecule has 0 saturated heterocycles. The molecular weight excluding hydrogens is 420 g/mol. The van der Waals surface area contributed by atoms with Crippen LogP contribution in [0.1, 0.15) is 13.3 Å². The molecule has 1 aromatic carbocycles. The van der Waals surface area contributed by atoms with E-state index in [-0.39, 0.29) is 0 Å². The lowest BCUT2D eigenvalue weighted by atomic mass is 10.2. The predicted molar refractivity (Wildman–Crippen MR) is 75.7 cm³/mol. The number of carbonyl (C=O) groups excluding carboxylic acids is 1. The SMILES string of the molecule is C=C(CC)C(=O)OOc1ccc(Br)c(Br)c1Br. The van der Waals surface area contributed by atoms with Crippen molar-refractivity contribution in [3.05, 3.63) is 37.7 Å². The Bertz CT molecular complexity index is 458. The van der Waals surface area contributed by atoms with E-state index < -0.39 is 5.97 Å². The molecule has 0 aliphatic heterocycles. The Kier molecular flexibility index (Phi) is 5.69. The number of hydrogen-bond acceptors (Lipinski definition) is 3. The van der Waals surface area contributed by atoms with Gasteiger partial charge in [0.05, 0.1) is 4.47 Å². The Labute approximate surface area is 124 Å². The van der Waals surface area contributed by atoms with Crippen LogP contribution in [-0.2, 0) is 9.68 Å². The second-order valence-electron chi connectivity index (χ2n) is 3.08. The molecule has 0 aliphatic carbocycles. The maximum atomic E-state index is 11.3. The summed E-state index contributed by atoms with van der Waals surface area (Å²) in [6, 6.07) is 3.44. The van der Waals surface area contributed by atoms with Crippen molar-refractivity contribution in [1.82, 2.24) is 0 Å². The summed E-state index contributed by atoms with van der Waals surface area (Å²) in [5.74, 6) is -0.171. The standard InChI is InChI=1S/C11H9Br3O3/c1-3-6(2)11(15)17-16-8-5-4-7(12)9(13)10(8)14/h4-5H,2-3H2,1H3. The van der Waals surface area contributed by atoms with E-state index in [2.05, 4.69) is 59.3 Å². The smallest absolute Gasteiger partial charge is 0.285 e. The molecule has 1 rings (SSSR count). The molecule has 0 aromatic heterocycles. The highest BCUT2D eigenvalue weighted by Gasteiger charge is 2.13. The molecule has 0 heterocycles. The van der Waals surface area contributed by atoms with Crippen LogP contribution in [0.4, 0.5) is 0 Å². The number of hydrogen-bond donors (Lipinski definition) is 0. The van der Waals surface area contributed by atoms with Gasteiger partial charge in [-0.3, -0.25) is 4.89 Å². The third kappa shape index (κ3) is 3.82. The fourth-order valence-corrected chi connectivity index (χ4v) is 2.19. The molecule has 1 aromatic rings. The van der Waals surface area contributed by atoms with Gasteiger partial charge in [0.15, 0.2) is 5.75 Å². The van der Waals surface area contributed by atoms with Crippen molar-refractivity contribution in [2.45, 2.75) is 13.3 Å². The van der Waals surface area contributed by atoms with E-state index in [9.17, 15) is 4.79 Å². The zero-order chi connectivity index (χ0) is 13.0. The second-order valence-corrected chi connectivity index (χ2v) is 5.53. The minimum absolute atomic E-state index is 0.359. The van der Waals surface area contributed by atoms with Crippen LogP contribution in [-0.4, -0.2) is 5.97 Å². The van der Waals surface area contributed by atoms with E-state index in [0.717, 1.165) is 8.95 Å². The lowest BCUT2D eigenvalue weighted by Crippen LogP contribution is -2.09. The van der Waals surface area contributed by atoms with Crippen LogP contribution >= 0.6 is 47.8 Å². The van der Waals surface area contributed by atoms with E-state index >= 15 is 0 Å². The molecule has 0 bridgehead atoms. The summed E-state index contributed by atoms with van der Waals surface area (Å²) < 4.78 is 2.29. The normalized spacial score (nSPS) is 9.88. The van der Waals surface area contributed by atoms with Crippen molar-refractivity contribution in [2.24, 2.45) is 0 Å². The van der Waals surface area contributed by atoms with Gasteiger partial charge in [-0.1, -0.05) is 13.5 Å². The third-order valence-electron chi connectivity index (χ3n) is 1.92. The van der Waals surface area contributed by atoms with E-state index in [0.29, 0.717) is 22.2 Å². The lowest BCUT2D eigenvalue weighted by molar-refractivity contribution is -0.209. The van der Waals surface area contributed by atoms with Crippen molar-refractivity contribution in [3.8, 4) is 5.75 Å². The van der Waals surface area contributed by atoms with Gasteiger partial charge in [-0.15, -0.1) is 0 Å². The van der Waals surface area contributed by atoms with E-state index in [1.165, 1.54) is 0 Å². The van der Waals surface area contributed by atoms with Gasteiger partial charge in [-0.25, -0.2) is 9.68 Å². The first kappa shape index (κ1) is 14.7. The molecule has 0 aliphatic rings. The van der Waals surface area contributed by atoms with Crippen molar-refractivity contribution in [2.75, 3.05) is 0 Å². The summed E-state index contributed by atoms with van der Waals surface area (Å²) >= 11 is 10.0. The van der Waals surface area contributed by atoms with Gasteiger partial charge >= 0.3 is 5.97 Å². The quantitative estimate of drug-likeness (QED) is 0.300. The van der Waals surface area contributed by atoms with Gasteiger partial charge in [0.25, 0.3) is 0 Å². The Morgan fingerprint density at radius 3 is 2.53 bits per heavy atom. The zero-order valence-corrected chi connectivity index (χ0v) is 13.7. The van der Waals surface area contributed by atoms with Gasteiger partial charge in [0, 0.05) is 14.5 Å². The highest BCUT2D eigenvalue weighted by atomic mass is 79.9. The summed E-state index contributed by atoms with van der Waals surface area (Å²) in [6.07, 6.45) is 0.521. The minimum atomic E-state index is -0.571. The largest absolute Gasteiger partial charge is 0.381 e. The van der Waals surface area contributed by atoms with Crippen molar-refractivity contribution in [1.29, 1.82) is 0 Å². The molecule has 0 radical (unpaired) electrons. The third-order valence-corrected chi connectivity index (χ3v) is 5.26. The lowest BCUT2D eigenvalue weighted by Gasteiger charge is -2.08. The second kappa shape index (κ2) is 6.56. The molecule has 6 heteroatoms. The first-order valence-corrected chi connectivity index (χ1v) is 7.05. The Morgan fingerprint density at radius 1 is 1.29 bits per heavy atom. The summed E-state index contributed by atoms with van der Waals surface area (Å²) in [5, 5.41) is 0. The molecule has 0 amide bonds. The molecule has 17 heavy (non-hydrogen) atoms. The van der Waals surface area contributed by atoms with Gasteiger partial charge < -0.3 is 0 Å². The van der Waals surface area contributed by atoms with Crippen LogP contribution in [0.15, 0.2) is 37.7 Å². The monoisotopic (exact) mass is 426 g/mol. The first-order valence-electron chi connectivity index (χ1n) is 4.67. The summed E-state index contributed by atoms with van der Waals surface area (Å²) in [4.78, 5) is 20.9. The van der Waals surface area contributed by atoms with Crippen molar-refractivity contribution in [3.63, 3.8) is 0 Å².